The van der Waals surface area contributed by atoms with E-state index < -0.39 is 0 Å². The summed E-state index contributed by atoms with van der Waals surface area (Å²) >= 11 is 17.0. The number of benzene rings is 2. The Labute approximate surface area is 158 Å². The first-order valence-corrected chi connectivity index (χ1v) is 9.13. The predicted molar refractivity (Wildman–Crippen MR) is 100 cm³/mol. The number of ether oxygens (including phenoxy) is 1. The van der Waals surface area contributed by atoms with Gasteiger partial charge in [0.25, 0.3) is 0 Å². The highest BCUT2D eigenvalue weighted by molar-refractivity contribution is 9.12. The summed E-state index contributed by atoms with van der Waals surface area (Å²) in [7, 11) is 0. The predicted octanol–water partition coefficient (Wildman–Crippen LogP) is 6.46. The average Bonchev–Trinajstić information content (AvgIpc) is 2.38. The molecular weight excluding hydrogens is 588 g/mol. The lowest BCUT2D eigenvalue weighted by Gasteiger charge is -2.14. The topological polar surface area (TPSA) is 61.3 Å². The molecule has 0 aromatic heterocycles. The Kier molecular flexibility index (Phi) is 5.45. The second kappa shape index (κ2) is 6.56. The maximum atomic E-state index is 5.96. The molecule has 0 saturated carbocycles. The van der Waals surface area contributed by atoms with Gasteiger partial charge in [0.1, 0.15) is 5.75 Å². The fourth-order valence-electron chi connectivity index (χ4n) is 1.42. The Bertz CT molecular complexity index is 667. The van der Waals surface area contributed by atoms with Crippen LogP contribution in [0.1, 0.15) is 0 Å². The van der Waals surface area contributed by atoms with Crippen molar-refractivity contribution in [1.82, 2.24) is 0 Å². The molecular formula is C12H7Br5N2O. The first-order valence-electron chi connectivity index (χ1n) is 5.16. The number of hydrogen-bond acceptors (Lipinski definition) is 3. The molecule has 0 heterocycles. The van der Waals surface area contributed by atoms with E-state index in [1.54, 1.807) is 12.1 Å². The highest BCUT2D eigenvalue weighted by atomic mass is 79.9. The molecule has 2 aromatic carbocycles. The minimum absolute atomic E-state index is 0.566. The lowest BCUT2D eigenvalue weighted by Crippen LogP contribution is -1.95. The van der Waals surface area contributed by atoms with E-state index in [0.717, 1.165) is 17.9 Å². The van der Waals surface area contributed by atoms with Crippen LogP contribution in [0.3, 0.4) is 0 Å². The zero-order valence-electron chi connectivity index (χ0n) is 9.68. The molecule has 106 valence electrons. The minimum atomic E-state index is 0.566. The van der Waals surface area contributed by atoms with Gasteiger partial charge in [-0.25, -0.2) is 0 Å². The van der Waals surface area contributed by atoms with Crippen molar-refractivity contribution in [3.05, 3.63) is 40.6 Å². The summed E-state index contributed by atoms with van der Waals surface area (Å²) < 4.78 is 9.60. The van der Waals surface area contributed by atoms with Crippen molar-refractivity contribution >= 4 is 91.0 Å². The van der Waals surface area contributed by atoms with E-state index in [2.05, 4.69) is 79.6 Å². The van der Waals surface area contributed by atoms with Gasteiger partial charge in [-0.1, -0.05) is 0 Å². The molecule has 0 saturated heterocycles. The molecule has 0 spiro atoms. The van der Waals surface area contributed by atoms with Crippen LogP contribution >= 0.6 is 79.6 Å². The van der Waals surface area contributed by atoms with E-state index in [1.165, 1.54) is 0 Å². The number of anilines is 2. The summed E-state index contributed by atoms with van der Waals surface area (Å²) in [5, 5.41) is 0. The van der Waals surface area contributed by atoms with Gasteiger partial charge in [-0.2, -0.15) is 0 Å². The molecule has 4 N–H and O–H groups in total. The standard InChI is InChI=1S/C12H7Br5N2O/c13-5-1-4(2-6(14)10(5)18)20-12-8(16)3-7(15)11(19)9(12)17/h1-3H,18-19H2. The van der Waals surface area contributed by atoms with Crippen molar-refractivity contribution in [3.8, 4) is 11.5 Å². The van der Waals surface area contributed by atoms with Crippen molar-refractivity contribution in [3.63, 3.8) is 0 Å². The number of nitrogens with two attached hydrogens (primary N) is 2. The second-order valence-corrected chi connectivity index (χ2v) is 8.01. The summed E-state index contributed by atoms with van der Waals surface area (Å²) in [6.45, 7) is 0. The van der Waals surface area contributed by atoms with Crippen LogP contribution < -0.4 is 16.2 Å². The largest absolute Gasteiger partial charge is 0.455 e. The average molecular weight is 595 g/mol. The first-order chi connectivity index (χ1) is 9.31. The van der Waals surface area contributed by atoms with Gasteiger partial charge in [0.15, 0.2) is 5.75 Å². The Morgan fingerprint density at radius 1 is 0.700 bits per heavy atom. The summed E-state index contributed by atoms with van der Waals surface area (Å²) in [6.07, 6.45) is 0. The first kappa shape index (κ1) is 16.6. The lowest BCUT2D eigenvalue weighted by molar-refractivity contribution is 0.476. The van der Waals surface area contributed by atoms with Crippen LogP contribution in [0.2, 0.25) is 0 Å². The molecule has 8 heteroatoms. The van der Waals surface area contributed by atoms with Crippen LogP contribution in [0.25, 0.3) is 0 Å². The van der Waals surface area contributed by atoms with Crippen LogP contribution in [-0.2, 0) is 0 Å². The van der Waals surface area contributed by atoms with Gasteiger partial charge in [-0.3, -0.25) is 0 Å². The maximum absolute atomic E-state index is 5.96. The highest BCUT2D eigenvalue weighted by Gasteiger charge is 2.15. The zero-order valence-corrected chi connectivity index (χ0v) is 17.6. The van der Waals surface area contributed by atoms with E-state index in [4.69, 9.17) is 16.2 Å². The van der Waals surface area contributed by atoms with Gasteiger partial charge in [0.2, 0.25) is 0 Å². The Morgan fingerprint density at radius 2 is 1.20 bits per heavy atom. The number of rotatable bonds is 2. The number of hydrogen-bond donors (Lipinski definition) is 2. The monoisotopic (exact) mass is 590 g/mol. The van der Waals surface area contributed by atoms with Gasteiger partial charge in [-0.15, -0.1) is 0 Å². The summed E-state index contributed by atoms with van der Waals surface area (Å²) in [5.74, 6) is 1.22. The van der Waals surface area contributed by atoms with Gasteiger partial charge in [0.05, 0.1) is 20.3 Å². The third kappa shape index (κ3) is 3.35. The van der Waals surface area contributed by atoms with Gasteiger partial charge in [0, 0.05) is 13.4 Å². The fraction of sp³-hybridized carbons (Fsp3) is 0. The van der Waals surface area contributed by atoms with Crippen molar-refractivity contribution in [2.24, 2.45) is 0 Å². The summed E-state index contributed by atoms with van der Waals surface area (Å²) in [6, 6.07) is 5.41. The molecule has 2 aromatic rings. The third-order valence-electron chi connectivity index (χ3n) is 2.44. The molecule has 0 bridgehead atoms. The highest BCUT2D eigenvalue weighted by Crippen LogP contribution is 2.45. The van der Waals surface area contributed by atoms with Crippen LogP contribution in [0.15, 0.2) is 40.6 Å². The Balaban J connectivity index is 2.48. The Hall–Kier alpha value is 0.240. The summed E-state index contributed by atoms with van der Waals surface area (Å²) in [5.41, 5.74) is 13.0. The van der Waals surface area contributed by atoms with Crippen molar-refractivity contribution in [2.45, 2.75) is 0 Å². The number of halogens is 5. The maximum Gasteiger partial charge on any atom is 0.157 e. The minimum Gasteiger partial charge on any atom is -0.455 e. The van der Waals surface area contributed by atoms with Crippen LogP contribution in [0.4, 0.5) is 11.4 Å². The zero-order chi connectivity index (χ0) is 15.0. The summed E-state index contributed by atoms with van der Waals surface area (Å²) in [4.78, 5) is 0. The smallest absolute Gasteiger partial charge is 0.157 e. The molecule has 0 aliphatic carbocycles. The molecule has 0 fully saturated rings. The quantitative estimate of drug-likeness (QED) is 0.393. The molecule has 0 radical (unpaired) electrons. The van der Waals surface area contributed by atoms with Crippen molar-refractivity contribution < 1.29 is 4.74 Å². The third-order valence-corrected chi connectivity index (χ3v) is 5.78. The molecule has 0 amide bonds. The van der Waals surface area contributed by atoms with E-state index in [0.29, 0.717) is 27.3 Å². The molecule has 0 aliphatic heterocycles. The van der Waals surface area contributed by atoms with E-state index in [1.807, 2.05) is 6.07 Å². The van der Waals surface area contributed by atoms with E-state index >= 15 is 0 Å². The molecule has 0 aliphatic rings. The second-order valence-electron chi connectivity index (χ2n) is 3.80. The van der Waals surface area contributed by atoms with Gasteiger partial charge >= 0.3 is 0 Å². The van der Waals surface area contributed by atoms with E-state index in [-0.39, 0.29) is 0 Å². The fourth-order valence-corrected chi connectivity index (χ4v) is 4.85. The molecule has 0 unspecified atom stereocenters. The van der Waals surface area contributed by atoms with Gasteiger partial charge in [-0.05, 0) is 97.8 Å². The Morgan fingerprint density at radius 3 is 1.75 bits per heavy atom. The molecule has 20 heavy (non-hydrogen) atoms. The van der Waals surface area contributed by atoms with E-state index in [9.17, 15) is 0 Å². The molecule has 0 atom stereocenters. The SMILES string of the molecule is Nc1c(Br)cc(Oc2c(Br)cc(Br)c(N)c2Br)cc1Br. The van der Waals surface area contributed by atoms with Gasteiger partial charge < -0.3 is 16.2 Å². The van der Waals surface area contributed by atoms with Crippen LogP contribution in [-0.4, -0.2) is 0 Å². The van der Waals surface area contributed by atoms with Crippen molar-refractivity contribution in [2.75, 3.05) is 11.5 Å². The number of nitrogen functional groups attached to an aromatic ring is 2. The normalized spacial score (nSPS) is 10.7. The molecule has 3 nitrogen and oxygen atoms in total. The van der Waals surface area contributed by atoms with Crippen LogP contribution in [0, 0.1) is 0 Å². The van der Waals surface area contributed by atoms with Crippen LogP contribution in [0.5, 0.6) is 11.5 Å². The lowest BCUT2D eigenvalue weighted by atomic mass is 10.3. The van der Waals surface area contributed by atoms with Crippen molar-refractivity contribution in [1.29, 1.82) is 0 Å². The molecule has 2 rings (SSSR count).